The number of nitrogens with zero attached hydrogens (tertiary/aromatic N) is 1. The third-order valence-electron chi connectivity index (χ3n) is 12.5. The lowest BCUT2D eigenvalue weighted by Crippen LogP contribution is -2.59. The van der Waals surface area contributed by atoms with Gasteiger partial charge in [-0.05, 0) is 69.2 Å². The Hall–Kier alpha value is -2.48. The molecule has 11 unspecified atom stereocenters. The van der Waals surface area contributed by atoms with Crippen LogP contribution in [-0.4, -0.2) is 72.5 Å². The highest BCUT2D eigenvalue weighted by atomic mass is 16.5. The van der Waals surface area contributed by atoms with Gasteiger partial charge in [0.1, 0.15) is 6.10 Å². The topological polar surface area (TPSA) is 88.1 Å². The lowest BCUT2D eigenvalue weighted by Gasteiger charge is -2.54. The first-order valence-electron chi connectivity index (χ1n) is 15.7. The number of carbonyl (C=O) groups is 2. The maximum absolute atomic E-state index is 13.2. The Balaban J connectivity index is 1.34. The van der Waals surface area contributed by atoms with Gasteiger partial charge in [0.05, 0.1) is 24.4 Å². The van der Waals surface area contributed by atoms with Crippen LogP contribution >= 0.6 is 0 Å². The van der Waals surface area contributed by atoms with Crippen molar-refractivity contribution in [3.8, 4) is 0 Å². The molecule has 0 radical (unpaired) electrons. The number of rotatable bonds is 5. The first-order valence-corrected chi connectivity index (χ1v) is 15.7. The van der Waals surface area contributed by atoms with Crippen molar-refractivity contribution in [2.45, 2.75) is 90.2 Å². The Labute approximate surface area is 250 Å². The standard InChI is InChI=1S/C35H48N2O5/c1-21(37(6)7)29-27(42-22(2)38)19-34(5)25-17-26-30-32(3,20-41-26)28(36-31(39)23-11-9-8-10-12-23)14-16-35(30,40)18-24(25)13-15-33(29,34)4/h8-14,16,21,25-30,40H,15,17-20H2,1-7H3,(H,36,39). The van der Waals surface area contributed by atoms with Crippen molar-refractivity contribution in [3.05, 3.63) is 59.7 Å². The summed E-state index contributed by atoms with van der Waals surface area (Å²) in [4.78, 5) is 27.7. The Kier molecular flexibility index (Phi) is 7.07. The minimum atomic E-state index is -1.06. The Morgan fingerprint density at radius 2 is 1.86 bits per heavy atom. The fourth-order valence-electron chi connectivity index (χ4n) is 10.1. The molecule has 228 valence electrons. The molecule has 4 aliphatic carbocycles. The summed E-state index contributed by atoms with van der Waals surface area (Å²) in [7, 11) is 4.22. The quantitative estimate of drug-likeness (QED) is 0.388. The SMILES string of the molecule is CC(=O)OC1CC2(C)C3CC4OCC5(C)C(NC(=O)c6ccccc6)C=CC(O)(CC3=CCC2(C)C1C(C)N(C)C)C45. The molecule has 1 heterocycles. The monoisotopic (exact) mass is 576 g/mol. The third-order valence-corrected chi connectivity index (χ3v) is 12.5. The van der Waals surface area contributed by atoms with E-state index in [4.69, 9.17) is 9.47 Å². The van der Waals surface area contributed by atoms with Gasteiger partial charge in [-0.3, -0.25) is 9.59 Å². The van der Waals surface area contributed by atoms with Crippen LogP contribution in [0.3, 0.4) is 0 Å². The minimum Gasteiger partial charge on any atom is -0.462 e. The largest absolute Gasteiger partial charge is 0.462 e. The van der Waals surface area contributed by atoms with Gasteiger partial charge in [0, 0.05) is 42.2 Å². The van der Waals surface area contributed by atoms with E-state index >= 15 is 0 Å². The summed E-state index contributed by atoms with van der Waals surface area (Å²) in [6, 6.07) is 9.27. The van der Waals surface area contributed by atoms with Crippen LogP contribution in [0.1, 0.15) is 70.7 Å². The molecule has 7 nitrogen and oxygen atoms in total. The highest BCUT2D eigenvalue weighted by molar-refractivity contribution is 5.94. The maximum Gasteiger partial charge on any atom is 0.302 e. The van der Waals surface area contributed by atoms with E-state index < -0.39 is 11.0 Å². The number of aliphatic hydroxyl groups is 1. The van der Waals surface area contributed by atoms with E-state index in [1.54, 1.807) is 0 Å². The molecule has 1 aromatic carbocycles. The van der Waals surface area contributed by atoms with Crippen LogP contribution in [0.25, 0.3) is 0 Å². The summed E-state index contributed by atoms with van der Waals surface area (Å²) in [5.74, 6) is -0.113. The number of benzene rings is 1. The molecule has 0 spiro atoms. The van der Waals surface area contributed by atoms with Crippen molar-refractivity contribution < 1.29 is 24.2 Å². The zero-order valence-electron chi connectivity index (χ0n) is 26.2. The number of carbonyl (C=O) groups excluding carboxylic acids is 2. The van der Waals surface area contributed by atoms with Gasteiger partial charge < -0.3 is 24.8 Å². The lowest BCUT2D eigenvalue weighted by atomic mass is 9.51. The molecule has 7 heteroatoms. The molecule has 2 N–H and O–H groups in total. The summed E-state index contributed by atoms with van der Waals surface area (Å²) in [6.45, 7) is 11.2. The van der Waals surface area contributed by atoms with E-state index in [2.05, 4.69) is 58.1 Å². The molecule has 3 fully saturated rings. The number of esters is 1. The zero-order valence-corrected chi connectivity index (χ0v) is 26.2. The average Bonchev–Trinajstić information content (AvgIpc) is 3.33. The molecular formula is C35H48N2O5. The van der Waals surface area contributed by atoms with Gasteiger partial charge >= 0.3 is 5.97 Å². The molecular weight excluding hydrogens is 528 g/mol. The van der Waals surface area contributed by atoms with Crippen molar-refractivity contribution in [2.75, 3.05) is 20.7 Å². The molecule has 1 aliphatic heterocycles. The molecule has 6 rings (SSSR count). The summed E-state index contributed by atoms with van der Waals surface area (Å²) >= 11 is 0. The number of ether oxygens (including phenoxy) is 2. The van der Waals surface area contributed by atoms with Crippen LogP contribution in [0.4, 0.5) is 0 Å². The van der Waals surface area contributed by atoms with Gasteiger partial charge in [-0.2, -0.15) is 0 Å². The van der Waals surface area contributed by atoms with Gasteiger partial charge in [-0.15, -0.1) is 0 Å². The molecule has 2 saturated carbocycles. The minimum absolute atomic E-state index is 0.0902. The zero-order chi connectivity index (χ0) is 30.2. The number of nitrogens with one attached hydrogen (secondary N) is 1. The van der Waals surface area contributed by atoms with Crippen molar-refractivity contribution >= 4 is 11.9 Å². The predicted molar refractivity (Wildman–Crippen MR) is 162 cm³/mol. The molecule has 42 heavy (non-hydrogen) atoms. The third kappa shape index (κ3) is 4.25. The molecule has 0 bridgehead atoms. The molecule has 11 atom stereocenters. The summed E-state index contributed by atoms with van der Waals surface area (Å²) in [6.07, 6.45) is 9.09. The average molecular weight is 577 g/mol. The van der Waals surface area contributed by atoms with Gasteiger partial charge in [0.15, 0.2) is 0 Å². The smallest absolute Gasteiger partial charge is 0.302 e. The van der Waals surface area contributed by atoms with E-state index in [0.29, 0.717) is 18.6 Å². The molecule has 1 saturated heterocycles. The molecule has 1 amide bonds. The second kappa shape index (κ2) is 10.0. The van der Waals surface area contributed by atoms with Crippen LogP contribution in [0.15, 0.2) is 54.1 Å². The number of amides is 1. The van der Waals surface area contributed by atoms with Crippen LogP contribution in [0, 0.1) is 34.0 Å². The highest BCUT2D eigenvalue weighted by Gasteiger charge is 2.69. The summed E-state index contributed by atoms with van der Waals surface area (Å²) in [5, 5.41) is 15.7. The van der Waals surface area contributed by atoms with Crippen LogP contribution in [0.5, 0.6) is 0 Å². The summed E-state index contributed by atoms with van der Waals surface area (Å²) in [5.41, 5.74) is 0.193. The lowest BCUT2D eigenvalue weighted by molar-refractivity contribution is -0.150. The van der Waals surface area contributed by atoms with Gasteiger partial charge in [0.25, 0.3) is 5.91 Å². The predicted octanol–water partition coefficient (Wildman–Crippen LogP) is 4.76. The summed E-state index contributed by atoms with van der Waals surface area (Å²) < 4.78 is 12.7. The number of hydrogen-bond donors (Lipinski definition) is 2. The van der Waals surface area contributed by atoms with E-state index in [1.165, 1.54) is 12.5 Å². The highest BCUT2D eigenvalue weighted by Crippen LogP contribution is 2.70. The van der Waals surface area contributed by atoms with Crippen molar-refractivity contribution in [1.82, 2.24) is 10.2 Å². The second-order valence-corrected chi connectivity index (χ2v) is 14.9. The van der Waals surface area contributed by atoms with E-state index in [9.17, 15) is 14.7 Å². The van der Waals surface area contributed by atoms with Crippen LogP contribution < -0.4 is 5.32 Å². The number of fused-ring (bicyclic) bond motifs is 3. The normalized spacial score (nSPS) is 44.4. The fourth-order valence-corrected chi connectivity index (χ4v) is 10.1. The van der Waals surface area contributed by atoms with Crippen molar-refractivity contribution in [3.63, 3.8) is 0 Å². The first-order chi connectivity index (χ1) is 19.7. The van der Waals surface area contributed by atoms with Crippen molar-refractivity contribution in [2.24, 2.45) is 34.0 Å². The van der Waals surface area contributed by atoms with Crippen molar-refractivity contribution in [1.29, 1.82) is 0 Å². The second-order valence-electron chi connectivity index (χ2n) is 14.9. The van der Waals surface area contributed by atoms with E-state index in [0.717, 1.165) is 19.3 Å². The van der Waals surface area contributed by atoms with E-state index in [1.807, 2.05) is 42.5 Å². The Morgan fingerprint density at radius 3 is 2.52 bits per heavy atom. The van der Waals surface area contributed by atoms with Gasteiger partial charge in [-0.25, -0.2) is 0 Å². The van der Waals surface area contributed by atoms with E-state index in [-0.39, 0.29) is 64.8 Å². The van der Waals surface area contributed by atoms with Crippen LogP contribution in [-0.2, 0) is 14.3 Å². The molecule has 1 aromatic rings. The maximum atomic E-state index is 13.2. The Bertz CT molecular complexity index is 1310. The number of allylic oxidation sites excluding steroid dienone is 1. The first kappa shape index (κ1) is 29.6. The molecule has 0 aromatic heterocycles. The van der Waals surface area contributed by atoms with Gasteiger partial charge in [-0.1, -0.05) is 62.8 Å². The van der Waals surface area contributed by atoms with Gasteiger partial charge in [0.2, 0.25) is 0 Å². The van der Waals surface area contributed by atoms with Crippen LogP contribution in [0.2, 0.25) is 0 Å². The fraction of sp³-hybridized carbons (Fsp3) is 0.657. The Morgan fingerprint density at radius 1 is 1.14 bits per heavy atom. The molecule has 5 aliphatic rings. The number of hydrogen-bond acceptors (Lipinski definition) is 6.